The standard InChI is InChI=1S/C16H12N2O2S2/c1-21-16-17-13-11-6-2-3-7-12(11)22-14(13)15(19)18(16)9-10-5-4-8-20-10/h2-8H,9H2,1H3. The van der Waals surface area contributed by atoms with E-state index in [1.807, 2.05) is 42.7 Å². The highest BCUT2D eigenvalue weighted by Crippen LogP contribution is 2.31. The van der Waals surface area contributed by atoms with E-state index in [1.54, 1.807) is 10.8 Å². The fourth-order valence-electron chi connectivity index (χ4n) is 2.51. The van der Waals surface area contributed by atoms with Crippen LogP contribution in [0.15, 0.2) is 57.0 Å². The first kappa shape index (κ1) is 13.6. The molecule has 22 heavy (non-hydrogen) atoms. The number of benzene rings is 1. The van der Waals surface area contributed by atoms with Crippen LogP contribution in [-0.4, -0.2) is 15.8 Å². The van der Waals surface area contributed by atoms with E-state index in [9.17, 15) is 4.79 Å². The van der Waals surface area contributed by atoms with Crippen molar-refractivity contribution in [3.8, 4) is 0 Å². The maximum atomic E-state index is 12.9. The van der Waals surface area contributed by atoms with Crippen LogP contribution in [0.2, 0.25) is 0 Å². The summed E-state index contributed by atoms with van der Waals surface area (Å²) in [5.74, 6) is 0.750. The van der Waals surface area contributed by atoms with Gasteiger partial charge < -0.3 is 4.42 Å². The Hall–Kier alpha value is -2.05. The second-order valence-electron chi connectivity index (χ2n) is 4.85. The van der Waals surface area contributed by atoms with Crippen LogP contribution in [0.4, 0.5) is 0 Å². The minimum absolute atomic E-state index is 0.00745. The molecule has 0 bridgehead atoms. The third kappa shape index (κ3) is 2.07. The molecule has 1 aromatic carbocycles. The summed E-state index contributed by atoms with van der Waals surface area (Å²) in [5.41, 5.74) is 0.789. The molecule has 4 rings (SSSR count). The van der Waals surface area contributed by atoms with Gasteiger partial charge in [0.2, 0.25) is 0 Å². The van der Waals surface area contributed by atoms with E-state index in [-0.39, 0.29) is 5.56 Å². The lowest BCUT2D eigenvalue weighted by atomic mass is 10.2. The Kier molecular flexibility index (Phi) is 3.28. The van der Waals surface area contributed by atoms with Gasteiger partial charge in [0.1, 0.15) is 10.5 Å². The largest absolute Gasteiger partial charge is 0.467 e. The van der Waals surface area contributed by atoms with Gasteiger partial charge >= 0.3 is 0 Å². The number of aromatic nitrogens is 2. The van der Waals surface area contributed by atoms with Gasteiger partial charge in [0.25, 0.3) is 5.56 Å². The summed E-state index contributed by atoms with van der Waals surface area (Å²) < 4.78 is 8.84. The highest BCUT2D eigenvalue weighted by atomic mass is 32.2. The van der Waals surface area contributed by atoms with Crippen LogP contribution in [-0.2, 0) is 6.54 Å². The number of rotatable bonds is 3. The smallest absolute Gasteiger partial charge is 0.272 e. The fraction of sp³-hybridized carbons (Fsp3) is 0.125. The average molecular weight is 328 g/mol. The lowest BCUT2D eigenvalue weighted by Gasteiger charge is -2.08. The minimum Gasteiger partial charge on any atom is -0.467 e. The average Bonchev–Trinajstić information content (AvgIpc) is 3.17. The molecule has 3 aromatic heterocycles. The summed E-state index contributed by atoms with van der Waals surface area (Å²) >= 11 is 2.97. The van der Waals surface area contributed by atoms with Crippen molar-refractivity contribution in [3.05, 3.63) is 58.8 Å². The van der Waals surface area contributed by atoms with Crippen LogP contribution in [0.25, 0.3) is 20.3 Å². The predicted octanol–water partition coefficient (Wildman–Crippen LogP) is 3.97. The van der Waals surface area contributed by atoms with Crippen LogP contribution >= 0.6 is 23.1 Å². The number of fused-ring (bicyclic) bond motifs is 3. The number of nitrogens with zero attached hydrogens (tertiary/aromatic N) is 2. The lowest BCUT2D eigenvalue weighted by Crippen LogP contribution is -2.22. The molecule has 0 aliphatic carbocycles. The second-order valence-corrected chi connectivity index (χ2v) is 6.67. The molecule has 0 spiro atoms. The van der Waals surface area contributed by atoms with Gasteiger partial charge in [-0.15, -0.1) is 11.3 Å². The molecule has 0 saturated carbocycles. The Morgan fingerprint density at radius 3 is 2.91 bits per heavy atom. The number of hydrogen-bond donors (Lipinski definition) is 0. The van der Waals surface area contributed by atoms with Crippen molar-refractivity contribution in [1.82, 2.24) is 9.55 Å². The third-order valence-electron chi connectivity index (χ3n) is 3.52. The molecule has 0 atom stereocenters. The summed E-state index contributed by atoms with van der Waals surface area (Å²) in [5, 5.41) is 1.75. The Morgan fingerprint density at radius 1 is 1.27 bits per heavy atom. The first-order valence-electron chi connectivity index (χ1n) is 6.76. The van der Waals surface area contributed by atoms with Gasteiger partial charge in [-0.3, -0.25) is 9.36 Å². The maximum absolute atomic E-state index is 12.9. The van der Waals surface area contributed by atoms with Crippen LogP contribution in [0.5, 0.6) is 0 Å². The van der Waals surface area contributed by atoms with Gasteiger partial charge in [-0.05, 0) is 24.5 Å². The molecule has 0 amide bonds. The Morgan fingerprint density at radius 2 is 2.14 bits per heavy atom. The first-order chi connectivity index (χ1) is 10.8. The zero-order valence-electron chi connectivity index (χ0n) is 11.8. The van der Waals surface area contributed by atoms with Crippen molar-refractivity contribution >= 4 is 43.4 Å². The second kappa shape index (κ2) is 5.30. The van der Waals surface area contributed by atoms with Gasteiger partial charge in [0.05, 0.1) is 18.3 Å². The summed E-state index contributed by atoms with van der Waals surface area (Å²) in [6.07, 6.45) is 3.55. The van der Waals surface area contributed by atoms with Gasteiger partial charge in [-0.25, -0.2) is 4.98 Å². The normalized spacial score (nSPS) is 11.5. The van der Waals surface area contributed by atoms with Crippen LogP contribution in [0.3, 0.4) is 0 Å². The molecule has 0 N–H and O–H groups in total. The molecule has 0 fully saturated rings. The summed E-state index contributed by atoms with van der Waals surface area (Å²) in [6.45, 7) is 0.402. The zero-order valence-corrected chi connectivity index (χ0v) is 13.4. The molecule has 4 aromatic rings. The van der Waals surface area contributed by atoms with Crippen molar-refractivity contribution in [2.45, 2.75) is 11.7 Å². The fourth-order valence-corrected chi connectivity index (χ4v) is 4.15. The highest BCUT2D eigenvalue weighted by Gasteiger charge is 2.16. The van der Waals surface area contributed by atoms with Crippen LogP contribution < -0.4 is 5.56 Å². The van der Waals surface area contributed by atoms with Crippen LogP contribution in [0.1, 0.15) is 5.76 Å². The van der Waals surface area contributed by atoms with E-state index in [1.165, 1.54) is 23.1 Å². The molecule has 110 valence electrons. The Bertz CT molecular complexity index is 1020. The summed E-state index contributed by atoms with van der Waals surface area (Å²) in [7, 11) is 0. The molecule has 0 radical (unpaired) electrons. The Balaban J connectivity index is 2.02. The molecule has 0 saturated heterocycles. The van der Waals surface area contributed by atoms with Crippen molar-refractivity contribution in [3.63, 3.8) is 0 Å². The first-order valence-corrected chi connectivity index (χ1v) is 8.80. The molecule has 6 heteroatoms. The van der Waals surface area contributed by atoms with Crippen LogP contribution in [0, 0.1) is 0 Å². The molecule has 0 unspecified atom stereocenters. The van der Waals surface area contributed by atoms with Crippen molar-refractivity contribution < 1.29 is 4.42 Å². The summed E-state index contributed by atoms with van der Waals surface area (Å²) in [6, 6.07) is 11.7. The predicted molar refractivity (Wildman–Crippen MR) is 91.0 cm³/mol. The molecule has 0 aliphatic heterocycles. The monoisotopic (exact) mass is 328 g/mol. The number of furan rings is 1. The van der Waals surface area contributed by atoms with E-state index >= 15 is 0 Å². The summed E-state index contributed by atoms with van der Waals surface area (Å²) in [4.78, 5) is 17.6. The SMILES string of the molecule is CSc1nc2c(sc3ccccc32)c(=O)n1Cc1ccco1. The lowest BCUT2D eigenvalue weighted by molar-refractivity contribution is 0.477. The molecule has 0 aliphatic rings. The van der Waals surface area contributed by atoms with E-state index < -0.39 is 0 Å². The van der Waals surface area contributed by atoms with Crippen molar-refractivity contribution in [1.29, 1.82) is 0 Å². The quantitative estimate of drug-likeness (QED) is 0.422. The molecular formula is C16H12N2O2S2. The Labute approximate surface area is 134 Å². The topological polar surface area (TPSA) is 48.0 Å². The van der Waals surface area contributed by atoms with E-state index in [4.69, 9.17) is 9.40 Å². The molecule has 4 nitrogen and oxygen atoms in total. The number of thiophene rings is 1. The van der Waals surface area contributed by atoms with Crippen molar-refractivity contribution in [2.75, 3.05) is 6.26 Å². The highest BCUT2D eigenvalue weighted by molar-refractivity contribution is 7.98. The van der Waals surface area contributed by atoms with E-state index in [2.05, 4.69) is 0 Å². The van der Waals surface area contributed by atoms with Gasteiger partial charge in [0.15, 0.2) is 5.16 Å². The minimum atomic E-state index is -0.00745. The number of thioether (sulfide) groups is 1. The third-order valence-corrected chi connectivity index (χ3v) is 5.35. The van der Waals surface area contributed by atoms with E-state index in [0.717, 1.165) is 21.4 Å². The zero-order chi connectivity index (χ0) is 15.1. The van der Waals surface area contributed by atoms with Crippen molar-refractivity contribution in [2.24, 2.45) is 0 Å². The van der Waals surface area contributed by atoms with E-state index in [0.29, 0.717) is 16.4 Å². The molecular weight excluding hydrogens is 316 g/mol. The molecule has 3 heterocycles. The van der Waals surface area contributed by atoms with Gasteiger partial charge in [0, 0.05) is 10.1 Å². The van der Waals surface area contributed by atoms with Gasteiger partial charge in [-0.2, -0.15) is 0 Å². The maximum Gasteiger partial charge on any atom is 0.272 e. The van der Waals surface area contributed by atoms with Gasteiger partial charge in [-0.1, -0.05) is 30.0 Å². The number of hydrogen-bond acceptors (Lipinski definition) is 5.